The molecule has 0 unspecified atom stereocenters. The summed E-state index contributed by atoms with van der Waals surface area (Å²) >= 11 is 0. The van der Waals surface area contributed by atoms with Crippen LogP contribution in [0, 0.1) is 0 Å². The molecule has 0 fully saturated rings. The van der Waals surface area contributed by atoms with Crippen molar-refractivity contribution in [2.45, 2.75) is 19.4 Å². The molecule has 0 atom stereocenters. The van der Waals surface area contributed by atoms with Crippen LogP contribution in [0.3, 0.4) is 0 Å². The summed E-state index contributed by atoms with van der Waals surface area (Å²) in [5, 5.41) is 21.4. The van der Waals surface area contributed by atoms with Gasteiger partial charge in [0.05, 0.1) is 5.69 Å². The Bertz CT molecular complexity index is 664. The third-order valence-corrected chi connectivity index (χ3v) is 2.77. The second-order valence-electron chi connectivity index (χ2n) is 4.31. The van der Waals surface area contributed by atoms with Gasteiger partial charge in [0, 0.05) is 18.9 Å². The number of rotatable bonds is 7. The van der Waals surface area contributed by atoms with Crippen LogP contribution in [0.15, 0.2) is 23.3 Å². The minimum absolute atomic E-state index is 0.317. The fourth-order valence-electron chi connectivity index (χ4n) is 1.82. The Labute approximate surface area is 119 Å². The SMILES string of the molecule is O=C(O)Cn1c(O)c(CCCNc2ncccn2)[nH]c1=O. The van der Waals surface area contributed by atoms with Gasteiger partial charge in [0.25, 0.3) is 0 Å². The molecule has 21 heavy (non-hydrogen) atoms. The lowest BCUT2D eigenvalue weighted by atomic mass is 10.2. The van der Waals surface area contributed by atoms with Crippen molar-refractivity contribution < 1.29 is 15.0 Å². The first kappa shape index (κ1) is 14.6. The second kappa shape index (κ2) is 6.55. The van der Waals surface area contributed by atoms with Crippen LogP contribution in [0.2, 0.25) is 0 Å². The molecule has 4 N–H and O–H groups in total. The highest BCUT2D eigenvalue weighted by Gasteiger charge is 2.14. The zero-order valence-electron chi connectivity index (χ0n) is 11.1. The first-order valence-corrected chi connectivity index (χ1v) is 6.31. The Morgan fingerprint density at radius 2 is 2.10 bits per heavy atom. The molecule has 0 saturated heterocycles. The van der Waals surface area contributed by atoms with E-state index in [9.17, 15) is 14.7 Å². The van der Waals surface area contributed by atoms with Gasteiger partial charge in [-0.1, -0.05) is 0 Å². The van der Waals surface area contributed by atoms with Crippen molar-refractivity contribution in [2.24, 2.45) is 0 Å². The number of carboxylic acids is 1. The Morgan fingerprint density at radius 3 is 2.76 bits per heavy atom. The number of aliphatic carboxylic acids is 1. The van der Waals surface area contributed by atoms with Gasteiger partial charge in [0.2, 0.25) is 11.8 Å². The molecule has 0 spiro atoms. The van der Waals surface area contributed by atoms with E-state index in [1.807, 2.05) is 0 Å². The van der Waals surface area contributed by atoms with Crippen molar-refractivity contribution in [3.05, 3.63) is 34.6 Å². The zero-order valence-corrected chi connectivity index (χ0v) is 11.1. The maximum Gasteiger partial charge on any atom is 0.329 e. The Kier molecular flexibility index (Phi) is 4.54. The van der Waals surface area contributed by atoms with Crippen LogP contribution in [0.4, 0.5) is 5.95 Å². The molecule has 0 saturated carbocycles. The van der Waals surface area contributed by atoms with Crippen molar-refractivity contribution in [3.8, 4) is 5.88 Å². The van der Waals surface area contributed by atoms with E-state index in [0.717, 1.165) is 4.57 Å². The van der Waals surface area contributed by atoms with E-state index in [4.69, 9.17) is 5.11 Å². The number of aromatic nitrogens is 4. The van der Waals surface area contributed by atoms with Crippen LogP contribution >= 0.6 is 0 Å². The van der Waals surface area contributed by atoms with Crippen molar-refractivity contribution in [2.75, 3.05) is 11.9 Å². The molecule has 0 aliphatic rings. The van der Waals surface area contributed by atoms with Gasteiger partial charge in [-0.3, -0.25) is 9.36 Å². The lowest BCUT2D eigenvalue weighted by Crippen LogP contribution is -2.21. The number of H-pyrrole nitrogens is 1. The number of hydrogen-bond acceptors (Lipinski definition) is 6. The highest BCUT2D eigenvalue weighted by atomic mass is 16.4. The molecule has 2 rings (SSSR count). The summed E-state index contributed by atoms with van der Waals surface area (Å²) in [6, 6.07) is 1.71. The largest absolute Gasteiger partial charge is 0.493 e. The van der Waals surface area contributed by atoms with Crippen LogP contribution in [-0.4, -0.2) is 42.2 Å². The third-order valence-electron chi connectivity index (χ3n) is 2.77. The van der Waals surface area contributed by atoms with E-state index in [0.29, 0.717) is 31.0 Å². The number of anilines is 1. The van der Waals surface area contributed by atoms with Gasteiger partial charge in [-0.15, -0.1) is 0 Å². The van der Waals surface area contributed by atoms with Gasteiger partial charge in [0.1, 0.15) is 6.54 Å². The highest BCUT2D eigenvalue weighted by molar-refractivity contribution is 5.66. The van der Waals surface area contributed by atoms with Crippen molar-refractivity contribution in [1.82, 2.24) is 19.5 Å². The number of aryl methyl sites for hydroxylation is 1. The number of aromatic hydroxyl groups is 1. The number of aromatic amines is 1. The lowest BCUT2D eigenvalue weighted by Gasteiger charge is -2.03. The Hall–Kier alpha value is -2.84. The predicted molar refractivity (Wildman–Crippen MR) is 73.2 cm³/mol. The van der Waals surface area contributed by atoms with E-state index >= 15 is 0 Å². The van der Waals surface area contributed by atoms with Gasteiger partial charge in [-0.2, -0.15) is 0 Å². The van der Waals surface area contributed by atoms with Gasteiger partial charge in [-0.05, 0) is 18.9 Å². The molecule has 0 bridgehead atoms. The minimum Gasteiger partial charge on any atom is -0.493 e. The van der Waals surface area contributed by atoms with Gasteiger partial charge in [-0.25, -0.2) is 14.8 Å². The van der Waals surface area contributed by atoms with Crippen LogP contribution in [0.25, 0.3) is 0 Å². The standard InChI is InChI=1S/C12H15N5O4/c18-9(19)7-17-10(20)8(16-12(17)21)3-1-4-13-11-14-5-2-6-15-11/h2,5-6,20H,1,3-4,7H2,(H,16,21)(H,18,19)(H,13,14,15). The van der Waals surface area contributed by atoms with E-state index < -0.39 is 18.2 Å². The van der Waals surface area contributed by atoms with Crippen molar-refractivity contribution in [3.63, 3.8) is 0 Å². The number of nitrogens with one attached hydrogen (secondary N) is 2. The van der Waals surface area contributed by atoms with Crippen LogP contribution < -0.4 is 11.0 Å². The maximum atomic E-state index is 11.5. The summed E-state index contributed by atoms with van der Waals surface area (Å²) < 4.78 is 0.783. The van der Waals surface area contributed by atoms with Crippen LogP contribution in [0.5, 0.6) is 5.88 Å². The quantitative estimate of drug-likeness (QED) is 0.519. The van der Waals surface area contributed by atoms with E-state index in [1.54, 1.807) is 18.5 Å². The third kappa shape index (κ3) is 3.81. The van der Waals surface area contributed by atoms with Crippen LogP contribution in [0.1, 0.15) is 12.1 Å². The van der Waals surface area contributed by atoms with Crippen LogP contribution in [-0.2, 0) is 17.8 Å². The molecule has 0 aliphatic heterocycles. The average Bonchev–Trinajstić information content (AvgIpc) is 2.72. The summed E-state index contributed by atoms with van der Waals surface area (Å²) in [6.07, 6.45) is 4.24. The first-order chi connectivity index (χ1) is 10.1. The summed E-state index contributed by atoms with van der Waals surface area (Å²) in [5.74, 6) is -1.03. The van der Waals surface area contributed by atoms with E-state index in [-0.39, 0.29) is 5.88 Å². The average molecular weight is 293 g/mol. The number of hydrogen-bond donors (Lipinski definition) is 4. The molecule has 0 aliphatic carbocycles. The van der Waals surface area contributed by atoms with Crippen molar-refractivity contribution in [1.29, 1.82) is 0 Å². The van der Waals surface area contributed by atoms with Gasteiger partial charge in [0.15, 0.2) is 0 Å². The number of carboxylic acid groups (broad SMARTS) is 1. The van der Waals surface area contributed by atoms with Gasteiger partial charge < -0.3 is 20.5 Å². The molecule has 0 amide bonds. The molecular formula is C12H15N5O4. The Balaban J connectivity index is 1.89. The second-order valence-corrected chi connectivity index (χ2v) is 4.31. The molecule has 2 heterocycles. The molecule has 9 heteroatoms. The summed E-state index contributed by atoms with van der Waals surface area (Å²) in [4.78, 5) is 32.5. The summed E-state index contributed by atoms with van der Waals surface area (Å²) in [5.41, 5.74) is -0.318. The van der Waals surface area contributed by atoms with E-state index in [1.165, 1.54) is 0 Å². The highest BCUT2D eigenvalue weighted by Crippen LogP contribution is 2.14. The fraction of sp³-hybridized carbons (Fsp3) is 0.333. The molecule has 2 aromatic heterocycles. The van der Waals surface area contributed by atoms with Crippen molar-refractivity contribution >= 4 is 11.9 Å². The topological polar surface area (TPSA) is 133 Å². The normalized spacial score (nSPS) is 10.5. The lowest BCUT2D eigenvalue weighted by molar-refractivity contribution is -0.137. The Morgan fingerprint density at radius 1 is 1.38 bits per heavy atom. The smallest absolute Gasteiger partial charge is 0.329 e. The summed E-state index contributed by atoms with van der Waals surface area (Å²) in [6.45, 7) is -0.0210. The molecular weight excluding hydrogens is 278 g/mol. The molecule has 112 valence electrons. The molecule has 9 nitrogen and oxygen atoms in total. The molecule has 2 aromatic rings. The number of nitrogens with zero attached hydrogens (tertiary/aromatic N) is 3. The maximum absolute atomic E-state index is 11.5. The molecule has 0 aromatic carbocycles. The number of carbonyl (C=O) groups is 1. The predicted octanol–water partition coefficient (Wildman–Crippen LogP) is -0.199. The fourth-order valence-corrected chi connectivity index (χ4v) is 1.82. The van der Waals surface area contributed by atoms with E-state index in [2.05, 4.69) is 20.3 Å². The number of imidazole rings is 1. The zero-order chi connectivity index (χ0) is 15.2. The summed E-state index contributed by atoms with van der Waals surface area (Å²) in [7, 11) is 0. The monoisotopic (exact) mass is 293 g/mol. The first-order valence-electron chi connectivity index (χ1n) is 6.31. The minimum atomic E-state index is -1.19. The van der Waals surface area contributed by atoms with Gasteiger partial charge >= 0.3 is 11.7 Å². The molecule has 0 radical (unpaired) electrons.